The summed E-state index contributed by atoms with van der Waals surface area (Å²) in [4.78, 5) is 33.7. The van der Waals surface area contributed by atoms with E-state index in [1.54, 1.807) is 24.5 Å². The average molecular weight is 527 g/mol. The van der Waals surface area contributed by atoms with Gasteiger partial charge in [0, 0.05) is 41.1 Å². The smallest absolute Gasteiger partial charge is 0.248 e. The number of rotatable bonds is 7. The lowest BCUT2D eigenvalue weighted by Crippen LogP contribution is -2.53. The summed E-state index contributed by atoms with van der Waals surface area (Å²) >= 11 is 0. The van der Waals surface area contributed by atoms with Crippen LogP contribution in [0.3, 0.4) is 0 Å². The number of hydrogen-bond donors (Lipinski definition) is 1. The van der Waals surface area contributed by atoms with E-state index in [0.717, 1.165) is 11.0 Å². The number of carbonyl (C=O) groups excluding carboxylic acids is 2. The van der Waals surface area contributed by atoms with Crippen molar-refractivity contribution in [1.82, 2.24) is 14.6 Å². The Kier molecular flexibility index (Phi) is 8.29. The molecule has 2 amide bonds. The molecule has 0 bridgehead atoms. The first kappa shape index (κ1) is 28.5. The number of sulfonamides is 1. The van der Waals surface area contributed by atoms with Crippen LogP contribution in [0.4, 0.5) is 5.69 Å². The molecular formula is C28H38N4O4S. The van der Waals surface area contributed by atoms with Gasteiger partial charge in [0.25, 0.3) is 0 Å². The maximum Gasteiger partial charge on any atom is 0.248 e. The van der Waals surface area contributed by atoms with Crippen molar-refractivity contribution in [3.05, 3.63) is 71.9 Å². The molecular weight excluding hydrogens is 488 g/mol. The van der Waals surface area contributed by atoms with Gasteiger partial charge in [-0.05, 0) is 62.8 Å². The summed E-state index contributed by atoms with van der Waals surface area (Å²) in [6.45, 7) is 15.5. The van der Waals surface area contributed by atoms with Gasteiger partial charge < -0.3 is 5.32 Å². The fourth-order valence-electron chi connectivity index (χ4n) is 4.47. The molecule has 3 rings (SSSR count). The Morgan fingerprint density at radius 2 is 1.78 bits per heavy atom. The van der Waals surface area contributed by atoms with Gasteiger partial charge >= 0.3 is 0 Å². The van der Waals surface area contributed by atoms with E-state index in [-0.39, 0.29) is 17.9 Å². The molecule has 37 heavy (non-hydrogen) atoms. The molecule has 1 saturated heterocycles. The number of carbonyl (C=O) groups is 2. The molecule has 1 aliphatic rings. The van der Waals surface area contributed by atoms with Crippen LogP contribution in [0.15, 0.2) is 60.8 Å². The minimum Gasteiger partial charge on any atom is -0.349 e. The van der Waals surface area contributed by atoms with Crippen LogP contribution < -0.4 is 10.2 Å². The first-order valence-corrected chi connectivity index (χ1v) is 14.0. The highest BCUT2D eigenvalue weighted by Gasteiger charge is 2.44. The average Bonchev–Trinajstić information content (AvgIpc) is 3.32. The summed E-state index contributed by atoms with van der Waals surface area (Å²) in [5.41, 5.74) is 1.42. The monoisotopic (exact) mass is 526 g/mol. The molecule has 1 aliphatic heterocycles. The van der Waals surface area contributed by atoms with E-state index in [4.69, 9.17) is 0 Å². The van der Waals surface area contributed by atoms with Crippen LogP contribution in [0, 0.1) is 0 Å². The van der Waals surface area contributed by atoms with Crippen LogP contribution in [0.2, 0.25) is 0 Å². The molecule has 1 fully saturated rings. The van der Waals surface area contributed by atoms with Gasteiger partial charge in [-0.1, -0.05) is 45.5 Å². The lowest BCUT2D eigenvalue weighted by atomic mass is 9.87. The van der Waals surface area contributed by atoms with Crippen LogP contribution in [-0.2, 0) is 25.0 Å². The predicted octanol–water partition coefficient (Wildman–Crippen LogP) is 4.31. The van der Waals surface area contributed by atoms with E-state index in [1.165, 1.54) is 9.21 Å². The fourth-order valence-corrected chi connectivity index (χ4v) is 5.59. The zero-order valence-electron chi connectivity index (χ0n) is 22.6. The number of benzene rings is 1. The molecule has 1 N–H and O–H groups in total. The second kappa shape index (κ2) is 10.8. The number of anilines is 1. The third-order valence-corrected chi connectivity index (χ3v) is 7.79. The lowest BCUT2D eigenvalue weighted by molar-refractivity contribution is -0.128. The Labute approximate surface area is 220 Å². The Hall–Kier alpha value is -3.04. The molecule has 0 radical (unpaired) electrons. The zero-order valence-corrected chi connectivity index (χ0v) is 23.4. The Balaban J connectivity index is 2.19. The molecule has 2 atom stereocenters. The SMILES string of the molecule is C=CS(=O)(=O)N1CCC[C@H]1C(=O)N(c1ccc(C(C)(C)C)cc1)C(C(=O)NC(C)(C)C)c1cccnc1. The minimum absolute atomic E-state index is 0.111. The third-order valence-electron chi connectivity index (χ3n) is 6.28. The summed E-state index contributed by atoms with van der Waals surface area (Å²) in [6.07, 6.45) is 4.04. The van der Waals surface area contributed by atoms with Crippen molar-refractivity contribution in [2.24, 2.45) is 0 Å². The molecule has 0 saturated carbocycles. The van der Waals surface area contributed by atoms with Crippen molar-refractivity contribution in [3.63, 3.8) is 0 Å². The Bertz CT molecular complexity index is 1230. The quantitative estimate of drug-likeness (QED) is 0.580. The van der Waals surface area contributed by atoms with Gasteiger partial charge in [-0.25, -0.2) is 8.42 Å². The number of hydrogen-bond acceptors (Lipinski definition) is 5. The summed E-state index contributed by atoms with van der Waals surface area (Å²) < 4.78 is 26.7. The topological polar surface area (TPSA) is 99.7 Å². The van der Waals surface area contributed by atoms with Crippen molar-refractivity contribution in [3.8, 4) is 0 Å². The molecule has 8 nitrogen and oxygen atoms in total. The molecule has 2 heterocycles. The summed E-state index contributed by atoms with van der Waals surface area (Å²) in [5.74, 6) is -0.853. The standard InChI is InChI=1S/C28H38N4O4S/c1-8-37(35,36)31-18-10-12-23(31)26(34)32(22-15-13-21(14-16-22)27(2,3)4)24(20-11-9-17-29-19-20)25(33)30-28(5,6)7/h8-9,11,13-17,19,23-24H,1,10,12,18H2,2-7H3,(H,30,33)/t23-,24?/m0/s1. The van der Waals surface area contributed by atoms with Crippen molar-refractivity contribution in [2.75, 3.05) is 11.4 Å². The number of aromatic nitrogens is 1. The van der Waals surface area contributed by atoms with Crippen LogP contribution >= 0.6 is 0 Å². The second-order valence-corrected chi connectivity index (χ2v) is 13.2. The Morgan fingerprint density at radius 3 is 2.30 bits per heavy atom. The van der Waals surface area contributed by atoms with Gasteiger partial charge in [-0.15, -0.1) is 0 Å². The van der Waals surface area contributed by atoms with Gasteiger partial charge in [-0.3, -0.25) is 19.5 Å². The molecule has 1 unspecified atom stereocenters. The first-order chi connectivity index (χ1) is 17.2. The molecule has 0 aliphatic carbocycles. The van der Waals surface area contributed by atoms with E-state index in [9.17, 15) is 18.0 Å². The van der Waals surface area contributed by atoms with Gasteiger partial charge in [0.1, 0.15) is 12.1 Å². The van der Waals surface area contributed by atoms with Crippen molar-refractivity contribution < 1.29 is 18.0 Å². The molecule has 0 spiro atoms. The van der Waals surface area contributed by atoms with Crippen LogP contribution in [-0.4, -0.2) is 47.6 Å². The van der Waals surface area contributed by atoms with E-state index < -0.39 is 33.6 Å². The highest BCUT2D eigenvalue weighted by atomic mass is 32.2. The minimum atomic E-state index is -3.84. The normalized spacial score (nSPS) is 17.7. The highest BCUT2D eigenvalue weighted by Crippen LogP contribution is 2.34. The molecule has 9 heteroatoms. The summed E-state index contributed by atoms with van der Waals surface area (Å²) in [6, 6.07) is 8.94. The van der Waals surface area contributed by atoms with E-state index in [0.29, 0.717) is 24.1 Å². The van der Waals surface area contributed by atoms with Gasteiger partial charge in [0.2, 0.25) is 21.8 Å². The molecule has 2 aromatic rings. The first-order valence-electron chi connectivity index (χ1n) is 12.5. The van der Waals surface area contributed by atoms with Crippen LogP contribution in [0.25, 0.3) is 0 Å². The van der Waals surface area contributed by atoms with E-state index in [2.05, 4.69) is 37.7 Å². The maximum atomic E-state index is 14.3. The van der Waals surface area contributed by atoms with Gasteiger partial charge in [0.15, 0.2) is 0 Å². The number of nitrogens with one attached hydrogen (secondary N) is 1. The predicted molar refractivity (Wildman–Crippen MR) is 146 cm³/mol. The van der Waals surface area contributed by atoms with Crippen molar-refractivity contribution in [1.29, 1.82) is 0 Å². The maximum absolute atomic E-state index is 14.3. The van der Waals surface area contributed by atoms with Gasteiger partial charge in [-0.2, -0.15) is 4.31 Å². The van der Waals surface area contributed by atoms with E-state index in [1.807, 2.05) is 45.0 Å². The second-order valence-electron chi connectivity index (χ2n) is 11.4. The fraction of sp³-hybridized carbons (Fsp3) is 0.464. The molecule has 1 aromatic heterocycles. The summed E-state index contributed by atoms with van der Waals surface area (Å²) in [5, 5.41) is 3.86. The van der Waals surface area contributed by atoms with E-state index >= 15 is 0 Å². The number of amides is 2. The summed E-state index contributed by atoms with van der Waals surface area (Å²) in [7, 11) is -3.84. The van der Waals surface area contributed by atoms with Crippen LogP contribution in [0.1, 0.15) is 71.6 Å². The Morgan fingerprint density at radius 1 is 1.14 bits per heavy atom. The van der Waals surface area contributed by atoms with Crippen molar-refractivity contribution in [2.45, 2.75) is 77.4 Å². The third kappa shape index (κ3) is 6.64. The number of nitrogens with zero attached hydrogens (tertiary/aromatic N) is 3. The van der Waals surface area contributed by atoms with Crippen LogP contribution in [0.5, 0.6) is 0 Å². The van der Waals surface area contributed by atoms with Gasteiger partial charge in [0.05, 0.1) is 0 Å². The lowest BCUT2D eigenvalue weighted by Gasteiger charge is -2.36. The molecule has 200 valence electrons. The van der Waals surface area contributed by atoms with Crippen molar-refractivity contribution >= 4 is 27.5 Å². The largest absolute Gasteiger partial charge is 0.349 e. The molecule has 1 aromatic carbocycles. The highest BCUT2D eigenvalue weighted by molar-refractivity contribution is 7.92. The number of pyridine rings is 1. The zero-order chi connectivity index (χ0) is 27.6.